The van der Waals surface area contributed by atoms with Crippen molar-refractivity contribution >= 4 is 11.8 Å². The number of piperazine rings is 1. The monoisotopic (exact) mass is 444 g/mol. The van der Waals surface area contributed by atoms with Crippen LogP contribution in [0.3, 0.4) is 0 Å². The molecule has 3 rings (SSSR count). The fourth-order valence-electron chi connectivity index (χ4n) is 3.73. The molecule has 1 aliphatic heterocycles. The van der Waals surface area contributed by atoms with Crippen molar-refractivity contribution in [2.24, 2.45) is 0 Å². The minimum absolute atomic E-state index is 0.0610. The molecule has 1 fully saturated rings. The predicted octanol–water partition coefficient (Wildman–Crippen LogP) is 1.99. The Balaban J connectivity index is 1.65. The molecular weight excluding hydrogens is 412 g/mol. The highest BCUT2D eigenvalue weighted by atomic mass is 16.5. The summed E-state index contributed by atoms with van der Waals surface area (Å²) in [5, 5.41) is 3.97. The van der Waals surface area contributed by atoms with Gasteiger partial charge < -0.3 is 28.7 Å². The molecule has 2 aromatic rings. The maximum Gasteiger partial charge on any atom is 0.276 e. The summed E-state index contributed by atoms with van der Waals surface area (Å²) < 4.78 is 15.9. The first-order valence-electron chi connectivity index (χ1n) is 11.0. The number of likely N-dealkylation sites (N-methyl/N-ethyl adjacent to an activating group) is 1. The molecule has 2 heterocycles. The van der Waals surface area contributed by atoms with Crippen molar-refractivity contribution < 1.29 is 23.6 Å². The SMILES string of the molecule is CCN1CCN(C(=O)CCN(CCOC)C(=O)c2cc(-c3ccccc3OC)on2)CC1. The lowest BCUT2D eigenvalue weighted by Gasteiger charge is -2.34. The topological polar surface area (TPSA) is 88.3 Å². The van der Waals surface area contributed by atoms with E-state index >= 15 is 0 Å². The molecule has 174 valence electrons. The van der Waals surface area contributed by atoms with Gasteiger partial charge in [-0.25, -0.2) is 0 Å². The molecule has 0 atom stereocenters. The van der Waals surface area contributed by atoms with Crippen LogP contribution in [0.2, 0.25) is 0 Å². The minimum Gasteiger partial charge on any atom is -0.496 e. The number of aromatic nitrogens is 1. The van der Waals surface area contributed by atoms with Gasteiger partial charge in [-0.05, 0) is 18.7 Å². The molecule has 1 aromatic carbocycles. The minimum atomic E-state index is -0.296. The fraction of sp³-hybridized carbons (Fsp3) is 0.522. The summed E-state index contributed by atoms with van der Waals surface area (Å²) in [7, 11) is 3.16. The molecule has 9 nitrogen and oxygen atoms in total. The molecule has 0 N–H and O–H groups in total. The molecule has 0 radical (unpaired) electrons. The summed E-state index contributed by atoms with van der Waals surface area (Å²) in [6.07, 6.45) is 0.263. The highest BCUT2D eigenvalue weighted by Gasteiger charge is 2.24. The number of hydrogen-bond acceptors (Lipinski definition) is 7. The number of rotatable bonds is 10. The van der Waals surface area contributed by atoms with Gasteiger partial charge in [-0.2, -0.15) is 0 Å². The average Bonchev–Trinajstić information content (AvgIpc) is 3.33. The number of amides is 2. The average molecular weight is 445 g/mol. The molecule has 0 saturated carbocycles. The number of ether oxygens (including phenoxy) is 2. The Hall–Kier alpha value is -2.91. The van der Waals surface area contributed by atoms with E-state index in [9.17, 15) is 9.59 Å². The largest absolute Gasteiger partial charge is 0.496 e. The lowest BCUT2D eigenvalue weighted by molar-refractivity contribution is -0.133. The Morgan fingerprint density at radius 2 is 1.88 bits per heavy atom. The van der Waals surface area contributed by atoms with Crippen molar-refractivity contribution in [2.45, 2.75) is 13.3 Å². The van der Waals surface area contributed by atoms with Gasteiger partial charge in [0.25, 0.3) is 5.91 Å². The van der Waals surface area contributed by atoms with E-state index in [2.05, 4.69) is 17.0 Å². The van der Waals surface area contributed by atoms with E-state index in [0.717, 1.165) is 32.7 Å². The van der Waals surface area contributed by atoms with Crippen LogP contribution in [0, 0.1) is 0 Å². The zero-order valence-corrected chi connectivity index (χ0v) is 19.1. The lowest BCUT2D eigenvalue weighted by atomic mass is 10.1. The zero-order chi connectivity index (χ0) is 22.9. The van der Waals surface area contributed by atoms with Crippen LogP contribution >= 0.6 is 0 Å². The number of benzene rings is 1. The van der Waals surface area contributed by atoms with E-state index in [1.165, 1.54) is 0 Å². The molecule has 0 spiro atoms. The molecule has 1 aliphatic rings. The third kappa shape index (κ3) is 5.86. The molecule has 9 heteroatoms. The summed E-state index contributed by atoms with van der Waals surface area (Å²) in [5.41, 5.74) is 0.900. The number of carbonyl (C=O) groups is 2. The van der Waals surface area contributed by atoms with Crippen molar-refractivity contribution in [3.8, 4) is 17.1 Å². The van der Waals surface area contributed by atoms with Gasteiger partial charge in [0.15, 0.2) is 11.5 Å². The summed E-state index contributed by atoms with van der Waals surface area (Å²) in [4.78, 5) is 31.6. The van der Waals surface area contributed by atoms with Gasteiger partial charge in [0.05, 0.1) is 19.3 Å². The van der Waals surface area contributed by atoms with Gasteiger partial charge >= 0.3 is 0 Å². The number of para-hydroxylation sites is 1. The third-order valence-electron chi connectivity index (χ3n) is 5.72. The lowest BCUT2D eigenvalue weighted by Crippen LogP contribution is -2.49. The number of carbonyl (C=O) groups excluding carboxylic acids is 2. The second-order valence-corrected chi connectivity index (χ2v) is 7.63. The van der Waals surface area contributed by atoms with Gasteiger partial charge in [0, 0.05) is 58.9 Å². The maximum atomic E-state index is 13.1. The van der Waals surface area contributed by atoms with Crippen LogP contribution in [-0.4, -0.2) is 98.3 Å². The number of methoxy groups -OCH3 is 2. The van der Waals surface area contributed by atoms with Crippen molar-refractivity contribution in [3.63, 3.8) is 0 Å². The summed E-state index contributed by atoms with van der Waals surface area (Å²) >= 11 is 0. The van der Waals surface area contributed by atoms with E-state index in [0.29, 0.717) is 36.8 Å². The highest BCUT2D eigenvalue weighted by Crippen LogP contribution is 2.30. The van der Waals surface area contributed by atoms with Gasteiger partial charge in [-0.15, -0.1) is 0 Å². The fourth-order valence-corrected chi connectivity index (χ4v) is 3.73. The van der Waals surface area contributed by atoms with E-state index in [1.807, 2.05) is 29.2 Å². The Bertz CT molecular complexity index is 892. The van der Waals surface area contributed by atoms with Crippen LogP contribution in [0.4, 0.5) is 0 Å². The molecule has 1 saturated heterocycles. The van der Waals surface area contributed by atoms with E-state index < -0.39 is 0 Å². The molecule has 0 aliphatic carbocycles. The van der Waals surface area contributed by atoms with Gasteiger partial charge in [-0.1, -0.05) is 24.2 Å². The summed E-state index contributed by atoms with van der Waals surface area (Å²) in [6.45, 7) is 7.38. The molecule has 1 aromatic heterocycles. The Kier molecular flexibility index (Phi) is 8.64. The molecular formula is C23H32N4O5. The van der Waals surface area contributed by atoms with Crippen molar-refractivity contribution in [1.29, 1.82) is 0 Å². The Morgan fingerprint density at radius 3 is 2.56 bits per heavy atom. The zero-order valence-electron chi connectivity index (χ0n) is 19.1. The van der Waals surface area contributed by atoms with E-state index in [1.54, 1.807) is 25.2 Å². The molecule has 0 unspecified atom stereocenters. The third-order valence-corrected chi connectivity index (χ3v) is 5.72. The first-order valence-corrected chi connectivity index (χ1v) is 11.0. The van der Waals surface area contributed by atoms with Crippen molar-refractivity contribution in [1.82, 2.24) is 19.9 Å². The smallest absolute Gasteiger partial charge is 0.276 e. The second kappa shape index (κ2) is 11.6. The number of hydrogen-bond donors (Lipinski definition) is 0. The van der Waals surface area contributed by atoms with Gasteiger partial charge in [0.2, 0.25) is 5.91 Å². The maximum absolute atomic E-state index is 13.1. The highest BCUT2D eigenvalue weighted by molar-refractivity contribution is 5.93. The molecule has 2 amide bonds. The van der Waals surface area contributed by atoms with Crippen molar-refractivity contribution in [3.05, 3.63) is 36.0 Å². The predicted molar refractivity (Wildman–Crippen MR) is 120 cm³/mol. The van der Waals surface area contributed by atoms with Crippen molar-refractivity contribution in [2.75, 3.05) is 66.6 Å². The van der Waals surface area contributed by atoms with Gasteiger partial charge in [0.1, 0.15) is 5.75 Å². The second-order valence-electron chi connectivity index (χ2n) is 7.63. The first-order chi connectivity index (χ1) is 15.6. The van der Waals surface area contributed by atoms with Crippen LogP contribution in [0.5, 0.6) is 5.75 Å². The number of nitrogens with zero attached hydrogens (tertiary/aromatic N) is 4. The quantitative estimate of drug-likeness (QED) is 0.554. The first kappa shape index (κ1) is 23.7. The van der Waals surface area contributed by atoms with Crippen LogP contribution < -0.4 is 4.74 Å². The van der Waals surface area contributed by atoms with Crippen LogP contribution in [0.15, 0.2) is 34.9 Å². The van der Waals surface area contributed by atoms with Crippen LogP contribution in [-0.2, 0) is 9.53 Å². The summed E-state index contributed by atoms with van der Waals surface area (Å²) in [5.74, 6) is 0.844. The Morgan fingerprint density at radius 1 is 1.12 bits per heavy atom. The summed E-state index contributed by atoms with van der Waals surface area (Å²) in [6, 6.07) is 8.98. The normalized spacial score (nSPS) is 14.4. The Labute approximate surface area is 188 Å². The van der Waals surface area contributed by atoms with Crippen LogP contribution in [0.25, 0.3) is 11.3 Å². The van der Waals surface area contributed by atoms with E-state index in [-0.39, 0.29) is 23.9 Å². The van der Waals surface area contributed by atoms with Crippen LogP contribution in [0.1, 0.15) is 23.8 Å². The molecule has 0 bridgehead atoms. The van der Waals surface area contributed by atoms with Gasteiger partial charge in [-0.3, -0.25) is 9.59 Å². The standard InChI is InChI=1S/C23H32N4O5/c1-4-25-11-13-26(14-12-25)22(28)9-10-27(15-16-30-2)23(29)19-17-21(32-24-19)18-7-5-6-8-20(18)31-3/h5-8,17H,4,9-16H2,1-3H3. The van der Waals surface area contributed by atoms with E-state index in [4.69, 9.17) is 14.0 Å². The molecule has 32 heavy (non-hydrogen) atoms.